The molecule has 0 atom stereocenters. The Morgan fingerprint density at radius 3 is 2.83 bits per heavy atom. The largest absolute Gasteiger partial charge is 0.349 e. The van der Waals surface area contributed by atoms with E-state index in [2.05, 4.69) is 47.1 Å². The van der Waals surface area contributed by atoms with E-state index in [1.165, 1.54) is 0 Å². The Hall–Kier alpha value is -1.44. The van der Waals surface area contributed by atoms with Crippen LogP contribution in [-0.4, -0.2) is 26.3 Å². The number of halogens is 3. The molecule has 5 nitrogen and oxygen atoms in total. The quantitative estimate of drug-likeness (QED) is 0.615. The van der Waals surface area contributed by atoms with Gasteiger partial charge in [-0.3, -0.25) is 9.20 Å². The van der Waals surface area contributed by atoms with Crippen molar-refractivity contribution in [3.05, 3.63) is 50.4 Å². The maximum Gasteiger partial charge on any atom is 0.253 e. The fourth-order valence-electron chi connectivity index (χ4n) is 2.49. The molecule has 0 saturated heterocycles. The van der Waals surface area contributed by atoms with Gasteiger partial charge in [0.15, 0.2) is 10.3 Å². The number of fused-ring (bicyclic) bond motifs is 1. The first-order valence-corrected chi connectivity index (χ1v) is 9.29. The molecule has 4 rings (SSSR count). The number of imidazole rings is 1. The smallest absolute Gasteiger partial charge is 0.253 e. The van der Waals surface area contributed by atoms with E-state index in [0.717, 1.165) is 24.1 Å². The van der Waals surface area contributed by atoms with Crippen molar-refractivity contribution in [1.82, 2.24) is 19.7 Å². The molecule has 3 aromatic rings. The zero-order valence-corrected chi connectivity index (χ0v) is 16.2. The fraction of sp³-hybridized carbons (Fsp3) is 0.188. The second kappa shape index (κ2) is 6.13. The number of rotatable bonds is 3. The highest BCUT2D eigenvalue weighted by atomic mass is 79.9. The zero-order chi connectivity index (χ0) is 16.8. The summed E-state index contributed by atoms with van der Waals surface area (Å²) in [5.74, 6) is -0.123. The average molecular weight is 471 g/mol. The van der Waals surface area contributed by atoms with Crippen molar-refractivity contribution >= 4 is 55.0 Å². The number of carbonyl (C=O) groups is 1. The molecule has 1 aromatic carbocycles. The van der Waals surface area contributed by atoms with Crippen LogP contribution in [0.4, 0.5) is 0 Å². The summed E-state index contributed by atoms with van der Waals surface area (Å²) < 4.78 is 3.25. The molecule has 2 aromatic heterocycles. The zero-order valence-electron chi connectivity index (χ0n) is 12.3. The van der Waals surface area contributed by atoms with E-state index in [9.17, 15) is 4.79 Å². The molecule has 0 radical (unpaired) electrons. The average Bonchev–Trinajstić information content (AvgIpc) is 3.23. The molecule has 24 heavy (non-hydrogen) atoms. The van der Waals surface area contributed by atoms with Gasteiger partial charge < -0.3 is 5.32 Å². The summed E-state index contributed by atoms with van der Waals surface area (Å²) in [5.41, 5.74) is 2.94. The monoisotopic (exact) mass is 468 g/mol. The van der Waals surface area contributed by atoms with Gasteiger partial charge in [-0.15, -0.1) is 0 Å². The second-order valence-electron chi connectivity index (χ2n) is 5.63. The number of hydrogen-bond donors (Lipinski definition) is 1. The van der Waals surface area contributed by atoms with Gasteiger partial charge in [0.1, 0.15) is 4.60 Å². The molecule has 1 fully saturated rings. The van der Waals surface area contributed by atoms with Gasteiger partial charge in [-0.05, 0) is 56.8 Å². The first-order valence-electron chi connectivity index (χ1n) is 7.33. The molecule has 8 heteroatoms. The van der Waals surface area contributed by atoms with E-state index < -0.39 is 0 Å². The predicted octanol–water partition coefficient (Wildman–Crippen LogP) is 4.47. The Kier molecular flexibility index (Phi) is 4.10. The van der Waals surface area contributed by atoms with Crippen LogP contribution in [0, 0.1) is 0 Å². The van der Waals surface area contributed by atoms with Crippen LogP contribution in [0.15, 0.2) is 39.8 Å². The van der Waals surface area contributed by atoms with Crippen molar-refractivity contribution in [1.29, 1.82) is 0 Å². The highest BCUT2D eigenvalue weighted by Crippen LogP contribution is 2.29. The van der Waals surface area contributed by atoms with E-state index >= 15 is 0 Å². The molecule has 0 spiro atoms. The summed E-state index contributed by atoms with van der Waals surface area (Å²) in [6.45, 7) is 0. The number of hydrogen-bond acceptors (Lipinski definition) is 3. The number of benzene rings is 1. The summed E-state index contributed by atoms with van der Waals surface area (Å²) in [6.07, 6.45) is 5.68. The Morgan fingerprint density at radius 2 is 2.12 bits per heavy atom. The lowest BCUT2D eigenvalue weighted by atomic mass is 10.1. The molecule has 1 amide bonds. The summed E-state index contributed by atoms with van der Waals surface area (Å²) >= 11 is 13.1. The predicted molar refractivity (Wildman–Crippen MR) is 99.3 cm³/mol. The van der Waals surface area contributed by atoms with Gasteiger partial charge in [-0.25, -0.2) is 9.97 Å². The Balaban J connectivity index is 1.74. The molecule has 1 saturated carbocycles. The maximum atomic E-state index is 12.2. The molecule has 0 aliphatic heterocycles. The molecule has 0 unspecified atom stereocenters. The highest BCUT2D eigenvalue weighted by molar-refractivity contribution is 9.11. The van der Waals surface area contributed by atoms with E-state index in [1.54, 1.807) is 18.3 Å². The van der Waals surface area contributed by atoms with Gasteiger partial charge in [0.25, 0.3) is 5.91 Å². The summed E-state index contributed by atoms with van der Waals surface area (Å²) in [4.78, 5) is 20.8. The standard InChI is InChI=1S/C16H11Br2ClN4O/c17-13-7-23-12(6-20-15(23)14(18)22-13)8-1-4-10(11(19)5-8)16(24)21-9-2-3-9/h1,4-7,9H,2-3H2,(H,21,24). The molecule has 1 N–H and O–H groups in total. The number of amides is 1. The van der Waals surface area contributed by atoms with Crippen molar-refractivity contribution in [3.8, 4) is 11.3 Å². The molecule has 0 bridgehead atoms. The van der Waals surface area contributed by atoms with Gasteiger partial charge in [0, 0.05) is 17.8 Å². The third-order valence-electron chi connectivity index (χ3n) is 3.84. The summed E-state index contributed by atoms with van der Waals surface area (Å²) in [5, 5.41) is 3.37. The number of nitrogens with zero attached hydrogens (tertiary/aromatic N) is 3. The van der Waals surface area contributed by atoms with Crippen LogP contribution in [0.1, 0.15) is 23.2 Å². The third kappa shape index (κ3) is 2.96. The maximum absolute atomic E-state index is 12.2. The second-order valence-corrected chi connectivity index (χ2v) is 7.60. The summed E-state index contributed by atoms with van der Waals surface area (Å²) in [7, 11) is 0. The van der Waals surface area contributed by atoms with Crippen LogP contribution in [0.3, 0.4) is 0 Å². The van der Waals surface area contributed by atoms with Crippen LogP contribution in [0.25, 0.3) is 16.9 Å². The van der Waals surface area contributed by atoms with Crippen LogP contribution >= 0.6 is 43.5 Å². The van der Waals surface area contributed by atoms with E-state index in [4.69, 9.17) is 11.6 Å². The molecular formula is C16H11Br2ClN4O. The highest BCUT2D eigenvalue weighted by Gasteiger charge is 2.24. The normalized spacial score (nSPS) is 14.1. The van der Waals surface area contributed by atoms with Crippen LogP contribution in [0.5, 0.6) is 0 Å². The lowest BCUT2D eigenvalue weighted by Gasteiger charge is -2.08. The number of nitrogens with one attached hydrogen (secondary N) is 1. The minimum Gasteiger partial charge on any atom is -0.349 e. The minimum absolute atomic E-state index is 0.123. The minimum atomic E-state index is -0.123. The van der Waals surface area contributed by atoms with Crippen molar-refractivity contribution in [2.24, 2.45) is 0 Å². The fourth-order valence-corrected chi connectivity index (χ4v) is 3.86. The summed E-state index contributed by atoms with van der Waals surface area (Å²) in [6, 6.07) is 5.71. The van der Waals surface area contributed by atoms with Crippen molar-refractivity contribution in [2.75, 3.05) is 0 Å². The van der Waals surface area contributed by atoms with Crippen molar-refractivity contribution in [3.63, 3.8) is 0 Å². The van der Waals surface area contributed by atoms with E-state index in [0.29, 0.717) is 31.5 Å². The van der Waals surface area contributed by atoms with Crippen LogP contribution in [-0.2, 0) is 0 Å². The third-order valence-corrected chi connectivity index (χ3v) is 5.07. The number of aromatic nitrogens is 3. The lowest BCUT2D eigenvalue weighted by Crippen LogP contribution is -2.25. The van der Waals surface area contributed by atoms with Gasteiger partial charge in [-0.1, -0.05) is 17.7 Å². The van der Waals surface area contributed by atoms with Gasteiger partial charge in [0.05, 0.1) is 22.5 Å². The molecule has 1 aliphatic carbocycles. The molecule has 1 aliphatic rings. The van der Waals surface area contributed by atoms with Crippen LogP contribution in [0.2, 0.25) is 5.02 Å². The van der Waals surface area contributed by atoms with Crippen LogP contribution < -0.4 is 5.32 Å². The lowest BCUT2D eigenvalue weighted by molar-refractivity contribution is 0.0951. The van der Waals surface area contributed by atoms with Crippen molar-refractivity contribution < 1.29 is 4.79 Å². The topological polar surface area (TPSA) is 59.3 Å². The molecular weight excluding hydrogens is 459 g/mol. The SMILES string of the molecule is O=C(NC1CC1)c1ccc(-c2cnc3c(Br)nc(Br)cn23)cc1Cl. The Bertz CT molecular complexity index is 968. The van der Waals surface area contributed by atoms with E-state index in [-0.39, 0.29) is 5.91 Å². The van der Waals surface area contributed by atoms with Crippen molar-refractivity contribution in [2.45, 2.75) is 18.9 Å². The first kappa shape index (κ1) is 16.1. The van der Waals surface area contributed by atoms with E-state index in [1.807, 2.05) is 16.7 Å². The Labute approximate surface area is 159 Å². The first-order chi connectivity index (χ1) is 11.5. The van der Waals surface area contributed by atoms with Gasteiger partial charge >= 0.3 is 0 Å². The van der Waals surface area contributed by atoms with Gasteiger partial charge in [-0.2, -0.15) is 0 Å². The molecule has 122 valence electrons. The van der Waals surface area contributed by atoms with Gasteiger partial charge in [0.2, 0.25) is 0 Å². The Morgan fingerprint density at radius 1 is 1.33 bits per heavy atom. The number of carbonyl (C=O) groups excluding carboxylic acids is 1. The molecule has 2 heterocycles.